The minimum absolute atomic E-state index is 0.0367. The SMILES string of the molecule is C=C1CCC(N2Cc3cc(C[C@H]4CCCC[C@@H]4NCc4cnccn4)ccc3C2=O)C(=O)N1. The van der Waals surface area contributed by atoms with Crippen LogP contribution in [0.2, 0.25) is 0 Å². The van der Waals surface area contributed by atoms with E-state index in [9.17, 15) is 9.59 Å². The Labute approximate surface area is 194 Å². The number of nitrogens with one attached hydrogen (secondary N) is 2. The molecule has 5 rings (SSSR count). The van der Waals surface area contributed by atoms with Crippen LogP contribution in [-0.4, -0.2) is 38.8 Å². The highest BCUT2D eigenvalue weighted by Crippen LogP contribution is 2.32. The summed E-state index contributed by atoms with van der Waals surface area (Å²) in [6.45, 7) is 5.08. The molecule has 2 fully saturated rings. The van der Waals surface area contributed by atoms with E-state index in [-0.39, 0.29) is 11.8 Å². The number of allylic oxidation sites excluding steroid dienone is 1. The number of benzene rings is 1. The second kappa shape index (κ2) is 9.43. The molecule has 1 saturated carbocycles. The van der Waals surface area contributed by atoms with Crippen molar-refractivity contribution in [3.8, 4) is 0 Å². The third kappa shape index (κ3) is 4.69. The lowest BCUT2D eigenvalue weighted by molar-refractivity contribution is -0.126. The molecule has 0 bridgehead atoms. The van der Waals surface area contributed by atoms with Crippen LogP contribution in [-0.2, 0) is 24.3 Å². The standard InChI is InChI=1S/C26H31N5O2/c1-17-6-9-24(25(32)30-17)31-16-20-13-18(7-8-22(20)26(31)33)12-19-4-2-3-5-23(19)29-15-21-14-27-10-11-28-21/h7-8,10-11,13-14,19,23-24,29H,1-6,9,12,15-16H2,(H,30,32)/t19-,23+,24?/m1/s1. The summed E-state index contributed by atoms with van der Waals surface area (Å²) in [7, 11) is 0. The number of nitrogens with zero attached hydrogens (tertiary/aromatic N) is 3. The maximum atomic E-state index is 13.0. The first-order chi connectivity index (χ1) is 16.1. The fourth-order valence-electron chi connectivity index (χ4n) is 5.52. The van der Waals surface area contributed by atoms with E-state index in [1.54, 1.807) is 17.3 Å². The number of rotatable bonds is 6. The zero-order valence-electron chi connectivity index (χ0n) is 18.9. The number of fused-ring (bicyclic) bond motifs is 1. The van der Waals surface area contributed by atoms with E-state index in [1.165, 1.54) is 31.2 Å². The minimum atomic E-state index is -0.410. The normalized spacial score (nSPS) is 25.2. The van der Waals surface area contributed by atoms with Crippen LogP contribution < -0.4 is 10.6 Å². The molecule has 3 aliphatic rings. The smallest absolute Gasteiger partial charge is 0.255 e. The van der Waals surface area contributed by atoms with Gasteiger partial charge in [0.25, 0.3) is 5.91 Å². The Bertz CT molecular complexity index is 1050. The monoisotopic (exact) mass is 445 g/mol. The van der Waals surface area contributed by atoms with Crippen LogP contribution in [0.1, 0.15) is 65.7 Å². The second-order valence-electron chi connectivity index (χ2n) is 9.50. The Hall–Kier alpha value is -3.06. The van der Waals surface area contributed by atoms with Crippen molar-refractivity contribution in [2.75, 3.05) is 0 Å². The molecule has 2 N–H and O–H groups in total. The summed E-state index contributed by atoms with van der Waals surface area (Å²) in [4.78, 5) is 35.7. The van der Waals surface area contributed by atoms with Crippen molar-refractivity contribution < 1.29 is 9.59 Å². The molecule has 2 amide bonds. The van der Waals surface area contributed by atoms with Gasteiger partial charge >= 0.3 is 0 Å². The van der Waals surface area contributed by atoms with Crippen LogP contribution in [0, 0.1) is 5.92 Å². The van der Waals surface area contributed by atoms with Gasteiger partial charge in [0.05, 0.1) is 5.69 Å². The van der Waals surface area contributed by atoms with Gasteiger partial charge in [0, 0.05) is 49.0 Å². The van der Waals surface area contributed by atoms with Gasteiger partial charge in [0.1, 0.15) is 6.04 Å². The topological polar surface area (TPSA) is 87.2 Å². The van der Waals surface area contributed by atoms with Crippen LogP contribution in [0.15, 0.2) is 49.1 Å². The first-order valence-corrected chi connectivity index (χ1v) is 12.0. The molecular formula is C26H31N5O2. The highest BCUT2D eigenvalue weighted by molar-refractivity contribution is 6.01. The lowest BCUT2D eigenvalue weighted by Gasteiger charge is -2.32. The van der Waals surface area contributed by atoms with Crippen molar-refractivity contribution in [1.82, 2.24) is 25.5 Å². The number of carbonyl (C=O) groups excluding carboxylic acids is 2. The average Bonchev–Trinajstić information content (AvgIpc) is 3.14. The van der Waals surface area contributed by atoms with E-state index in [2.05, 4.69) is 39.3 Å². The number of aromatic nitrogens is 2. The number of piperidine rings is 1. The third-order valence-corrected chi connectivity index (χ3v) is 7.27. The number of hydrogen-bond donors (Lipinski definition) is 2. The van der Waals surface area contributed by atoms with Crippen molar-refractivity contribution in [3.63, 3.8) is 0 Å². The quantitative estimate of drug-likeness (QED) is 0.713. The Morgan fingerprint density at radius 3 is 2.85 bits per heavy atom. The molecule has 3 atom stereocenters. The van der Waals surface area contributed by atoms with Gasteiger partial charge in [-0.3, -0.25) is 19.6 Å². The predicted molar refractivity (Wildman–Crippen MR) is 125 cm³/mol. The van der Waals surface area contributed by atoms with Gasteiger partial charge in [-0.25, -0.2) is 0 Å². The molecule has 2 aromatic rings. The van der Waals surface area contributed by atoms with Crippen molar-refractivity contribution in [2.45, 2.75) is 70.1 Å². The summed E-state index contributed by atoms with van der Waals surface area (Å²) in [5.41, 5.74) is 4.74. The van der Waals surface area contributed by atoms with E-state index in [1.807, 2.05) is 12.3 Å². The van der Waals surface area contributed by atoms with Gasteiger partial charge in [0.15, 0.2) is 0 Å². The van der Waals surface area contributed by atoms with Crippen LogP contribution in [0.4, 0.5) is 0 Å². The molecular weight excluding hydrogens is 414 g/mol. The molecule has 7 heteroatoms. The van der Waals surface area contributed by atoms with Crippen molar-refractivity contribution in [2.24, 2.45) is 5.92 Å². The van der Waals surface area contributed by atoms with Gasteiger partial charge in [-0.1, -0.05) is 31.6 Å². The predicted octanol–water partition coefficient (Wildman–Crippen LogP) is 3.12. The summed E-state index contributed by atoms with van der Waals surface area (Å²) in [5, 5.41) is 6.51. The Kier molecular flexibility index (Phi) is 6.22. The Morgan fingerprint density at radius 2 is 2.03 bits per heavy atom. The van der Waals surface area contributed by atoms with Gasteiger partial charge in [-0.15, -0.1) is 0 Å². The maximum absolute atomic E-state index is 13.0. The van der Waals surface area contributed by atoms with E-state index in [0.717, 1.165) is 35.5 Å². The molecule has 1 unspecified atom stereocenters. The van der Waals surface area contributed by atoms with Gasteiger partial charge < -0.3 is 15.5 Å². The van der Waals surface area contributed by atoms with E-state index < -0.39 is 6.04 Å². The second-order valence-corrected chi connectivity index (χ2v) is 9.50. The van der Waals surface area contributed by atoms with Gasteiger partial charge in [-0.2, -0.15) is 0 Å². The fourth-order valence-corrected chi connectivity index (χ4v) is 5.52. The summed E-state index contributed by atoms with van der Waals surface area (Å²) < 4.78 is 0. The lowest BCUT2D eigenvalue weighted by atomic mass is 9.80. The first kappa shape index (κ1) is 21.8. The summed E-state index contributed by atoms with van der Waals surface area (Å²) >= 11 is 0. The Balaban J connectivity index is 1.25. The highest BCUT2D eigenvalue weighted by atomic mass is 16.2. The highest BCUT2D eigenvalue weighted by Gasteiger charge is 2.38. The summed E-state index contributed by atoms with van der Waals surface area (Å²) in [6.07, 6.45) is 12.5. The largest absolute Gasteiger partial charge is 0.329 e. The number of carbonyl (C=O) groups is 2. The van der Waals surface area contributed by atoms with E-state index >= 15 is 0 Å². The third-order valence-electron chi connectivity index (χ3n) is 7.27. The number of hydrogen-bond acceptors (Lipinski definition) is 5. The zero-order chi connectivity index (χ0) is 22.8. The summed E-state index contributed by atoms with van der Waals surface area (Å²) in [6, 6.07) is 6.27. The molecule has 172 valence electrons. The van der Waals surface area contributed by atoms with Crippen molar-refractivity contribution in [3.05, 3.63) is 71.4 Å². The maximum Gasteiger partial charge on any atom is 0.255 e. The molecule has 2 aliphatic heterocycles. The zero-order valence-corrected chi connectivity index (χ0v) is 18.9. The van der Waals surface area contributed by atoms with Gasteiger partial charge in [-0.05, 0) is 55.2 Å². The molecule has 33 heavy (non-hydrogen) atoms. The molecule has 0 spiro atoms. The van der Waals surface area contributed by atoms with Crippen LogP contribution in [0.5, 0.6) is 0 Å². The molecule has 7 nitrogen and oxygen atoms in total. The fraction of sp³-hybridized carbons (Fsp3) is 0.462. The summed E-state index contributed by atoms with van der Waals surface area (Å²) in [5.74, 6) is 0.397. The van der Waals surface area contributed by atoms with Gasteiger partial charge in [0.2, 0.25) is 5.91 Å². The molecule has 0 radical (unpaired) electrons. The average molecular weight is 446 g/mol. The van der Waals surface area contributed by atoms with Crippen molar-refractivity contribution >= 4 is 11.8 Å². The molecule has 1 aromatic heterocycles. The molecule has 1 aliphatic carbocycles. The molecule has 1 saturated heterocycles. The van der Waals surface area contributed by atoms with Crippen LogP contribution in [0.25, 0.3) is 0 Å². The first-order valence-electron chi connectivity index (χ1n) is 12.0. The molecule has 3 heterocycles. The minimum Gasteiger partial charge on any atom is -0.329 e. The van der Waals surface area contributed by atoms with E-state index in [4.69, 9.17) is 0 Å². The van der Waals surface area contributed by atoms with Crippen molar-refractivity contribution in [1.29, 1.82) is 0 Å². The molecule has 1 aromatic carbocycles. The Morgan fingerprint density at radius 1 is 1.15 bits per heavy atom. The lowest BCUT2D eigenvalue weighted by Crippen LogP contribution is -2.49. The van der Waals surface area contributed by atoms with Crippen LogP contribution in [0.3, 0.4) is 0 Å². The number of amides is 2. The van der Waals surface area contributed by atoms with Crippen LogP contribution >= 0.6 is 0 Å². The van der Waals surface area contributed by atoms with E-state index in [0.29, 0.717) is 31.3 Å².